The number of aryl methyl sites for hydroxylation is 1. The van der Waals surface area contributed by atoms with Gasteiger partial charge in [0.15, 0.2) is 5.16 Å². The lowest BCUT2D eigenvalue weighted by Crippen LogP contribution is -2.22. The molecule has 0 saturated heterocycles. The number of halogens is 1. The number of aromatic nitrogens is 5. The Balaban J connectivity index is 1.52. The van der Waals surface area contributed by atoms with E-state index in [0.29, 0.717) is 50.0 Å². The van der Waals surface area contributed by atoms with Crippen molar-refractivity contribution < 1.29 is 4.42 Å². The van der Waals surface area contributed by atoms with Crippen molar-refractivity contribution in [2.45, 2.75) is 17.8 Å². The van der Waals surface area contributed by atoms with Gasteiger partial charge in [0.05, 0.1) is 27.2 Å². The number of benzene rings is 2. The van der Waals surface area contributed by atoms with Crippen LogP contribution in [0.1, 0.15) is 11.5 Å². The Morgan fingerprint density at radius 2 is 1.84 bits per heavy atom. The Bertz CT molecular complexity index is 1480. The van der Waals surface area contributed by atoms with E-state index in [0.717, 1.165) is 5.56 Å². The zero-order chi connectivity index (χ0) is 22.1. The molecule has 5 aromatic rings. The van der Waals surface area contributed by atoms with E-state index in [9.17, 15) is 4.79 Å². The molecule has 3 heterocycles. The highest BCUT2D eigenvalue weighted by atomic mass is 35.5. The second-order valence-electron chi connectivity index (χ2n) is 7.02. The average Bonchev–Trinajstić information content (AvgIpc) is 3.28. The van der Waals surface area contributed by atoms with Crippen molar-refractivity contribution in [1.82, 2.24) is 24.7 Å². The Morgan fingerprint density at radius 1 is 1.03 bits per heavy atom. The molecule has 0 radical (unpaired) electrons. The third-order valence-electron chi connectivity index (χ3n) is 4.77. The maximum absolute atomic E-state index is 13.3. The van der Waals surface area contributed by atoms with E-state index in [2.05, 4.69) is 15.2 Å². The minimum absolute atomic E-state index is 0.184. The van der Waals surface area contributed by atoms with Crippen molar-refractivity contribution in [1.29, 1.82) is 0 Å². The molecule has 5 rings (SSSR count). The topological polar surface area (TPSA) is 86.7 Å². The molecule has 0 fully saturated rings. The molecule has 32 heavy (non-hydrogen) atoms. The number of thioether (sulfide) groups is 1. The fraction of sp³-hybridized carbons (Fsp3) is 0.0870. The van der Waals surface area contributed by atoms with Gasteiger partial charge in [-0.15, -0.1) is 10.2 Å². The van der Waals surface area contributed by atoms with Crippen LogP contribution in [0.15, 0.2) is 81.2 Å². The standard InChI is InChI=1S/C23H16ClN5O2S/c1-14-10-11-19(25-12-14)29-22(30)16-7-3-5-9-18(16)26-23(29)32-13-20-27-28-21(31-20)15-6-2-4-8-17(15)24/h2-12H,13H2,1H3. The second-order valence-corrected chi connectivity index (χ2v) is 8.37. The van der Waals surface area contributed by atoms with Gasteiger partial charge in [-0.25, -0.2) is 14.5 Å². The summed E-state index contributed by atoms with van der Waals surface area (Å²) in [6.07, 6.45) is 1.72. The van der Waals surface area contributed by atoms with Gasteiger partial charge in [-0.1, -0.05) is 53.7 Å². The lowest BCUT2D eigenvalue weighted by molar-refractivity contribution is 0.528. The molecule has 0 N–H and O–H groups in total. The van der Waals surface area contributed by atoms with Crippen molar-refractivity contribution in [3.63, 3.8) is 0 Å². The molecule has 0 bridgehead atoms. The smallest absolute Gasteiger partial charge is 0.267 e. The highest BCUT2D eigenvalue weighted by Gasteiger charge is 2.17. The lowest BCUT2D eigenvalue weighted by Gasteiger charge is -2.12. The van der Waals surface area contributed by atoms with Crippen molar-refractivity contribution in [2.24, 2.45) is 0 Å². The molecule has 0 amide bonds. The fourth-order valence-electron chi connectivity index (χ4n) is 3.19. The molecular formula is C23H16ClN5O2S. The molecular weight excluding hydrogens is 446 g/mol. The Hall–Kier alpha value is -3.49. The van der Waals surface area contributed by atoms with Crippen LogP contribution < -0.4 is 5.56 Å². The van der Waals surface area contributed by atoms with E-state index < -0.39 is 0 Å². The van der Waals surface area contributed by atoms with Crippen molar-refractivity contribution in [2.75, 3.05) is 0 Å². The first-order chi connectivity index (χ1) is 15.6. The molecule has 9 heteroatoms. The second kappa shape index (κ2) is 8.57. The van der Waals surface area contributed by atoms with Gasteiger partial charge in [0.25, 0.3) is 5.56 Å². The summed E-state index contributed by atoms with van der Waals surface area (Å²) in [5.41, 5.74) is 2.10. The molecule has 2 aromatic carbocycles. The van der Waals surface area contributed by atoms with Gasteiger partial charge in [-0.2, -0.15) is 0 Å². The Labute approximate surface area is 192 Å². The molecule has 0 saturated carbocycles. The normalized spacial score (nSPS) is 11.2. The molecule has 0 aliphatic carbocycles. The predicted octanol–water partition coefficient (Wildman–Crippen LogP) is 5.08. The van der Waals surface area contributed by atoms with Gasteiger partial charge >= 0.3 is 0 Å². The summed E-state index contributed by atoms with van der Waals surface area (Å²) in [4.78, 5) is 22.4. The molecule has 0 spiro atoms. The van der Waals surface area contributed by atoms with E-state index in [1.54, 1.807) is 24.4 Å². The minimum atomic E-state index is -0.184. The first-order valence-corrected chi connectivity index (χ1v) is 11.1. The van der Waals surface area contributed by atoms with Crippen LogP contribution in [0.25, 0.3) is 28.2 Å². The van der Waals surface area contributed by atoms with Gasteiger partial charge in [0.2, 0.25) is 11.8 Å². The number of nitrogens with zero attached hydrogens (tertiary/aromatic N) is 5. The van der Waals surface area contributed by atoms with Gasteiger partial charge < -0.3 is 4.42 Å². The van der Waals surface area contributed by atoms with Gasteiger partial charge in [0.1, 0.15) is 5.82 Å². The number of pyridine rings is 1. The zero-order valence-corrected chi connectivity index (χ0v) is 18.5. The molecule has 0 aliphatic rings. The summed E-state index contributed by atoms with van der Waals surface area (Å²) in [6.45, 7) is 1.94. The number of hydrogen-bond acceptors (Lipinski definition) is 7. The van der Waals surface area contributed by atoms with E-state index in [1.165, 1.54) is 16.3 Å². The highest BCUT2D eigenvalue weighted by molar-refractivity contribution is 7.98. The number of fused-ring (bicyclic) bond motifs is 1. The van der Waals surface area contributed by atoms with Crippen LogP contribution in [-0.2, 0) is 5.75 Å². The molecule has 3 aromatic heterocycles. The summed E-state index contributed by atoms with van der Waals surface area (Å²) in [5, 5.41) is 9.77. The molecule has 0 aliphatic heterocycles. The van der Waals surface area contributed by atoms with Crippen molar-refractivity contribution >= 4 is 34.3 Å². The van der Waals surface area contributed by atoms with Crippen LogP contribution in [-0.4, -0.2) is 24.7 Å². The third kappa shape index (κ3) is 3.90. The van der Waals surface area contributed by atoms with Gasteiger partial charge in [-0.3, -0.25) is 4.79 Å². The van der Waals surface area contributed by atoms with Crippen LogP contribution in [0.4, 0.5) is 0 Å². The van der Waals surface area contributed by atoms with E-state index in [1.807, 2.05) is 49.4 Å². The first-order valence-electron chi connectivity index (χ1n) is 9.75. The van der Waals surface area contributed by atoms with Crippen LogP contribution in [0.2, 0.25) is 5.02 Å². The number of para-hydroxylation sites is 1. The summed E-state index contributed by atoms with van der Waals surface area (Å²) in [6, 6.07) is 18.2. The fourth-order valence-corrected chi connectivity index (χ4v) is 4.24. The molecule has 0 atom stereocenters. The zero-order valence-electron chi connectivity index (χ0n) is 16.9. The number of hydrogen-bond donors (Lipinski definition) is 0. The van der Waals surface area contributed by atoms with Crippen molar-refractivity contribution in [3.8, 4) is 17.3 Å². The highest BCUT2D eigenvalue weighted by Crippen LogP contribution is 2.28. The first kappa shape index (κ1) is 20.4. The maximum Gasteiger partial charge on any atom is 0.267 e. The summed E-state index contributed by atoms with van der Waals surface area (Å²) in [5.74, 6) is 1.57. The Kier molecular flexibility index (Phi) is 5.46. The number of rotatable bonds is 5. The van der Waals surface area contributed by atoms with Crippen LogP contribution in [0, 0.1) is 6.92 Å². The van der Waals surface area contributed by atoms with Crippen LogP contribution >= 0.6 is 23.4 Å². The maximum atomic E-state index is 13.3. The largest absolute Gasteiger partial charge is 0.420 e. The van der Waals surface area contributed by atoms with E-state index in [4.69, 9.17) is 21.0 Å². The summed E-state index contributed by atoms with van der Waals surface area (Å²) < 4.78 is 7.30. The van der Waals surface area contributed by atoms with Gasteiger partial charge in [-0.05, 0) is 42.8 Å². The van der Waals surface area contributed by atoms with E-state index >= 15 is 0 Å². The minimum Gasteiger partial charge on any atom is -0.420 e. The molecule has 158 valence electrons. The van der Waals surface area contributed by atoms with Crippen LogP contribution in [0.5, 0.6) is 0 Å². The van der Waals surface area contributed by atoms with E-state index in [-0.39, 0.29) is 5.56 Å². The predicted molar refractivity (Wildman–Crippen MR) is 124 cm³/mol. The molecule has 0 unspecified atom stereocenters. The Morgan fingerprint density at radius 3 is 2.66 bits per heavy atom. The molecule has 7 nitrogen and oxygen atoms in total. The quantitative estimate of drug-likeness (QED) is 0.266. The van der Waals surface area contributed by atoms with Gasteiger partial charge in [0, 0.05) is 6.20 Å². The SMILES string of the molecule is Cc1ccc(-n2c(SCc3nnc(-c4ccccc4Cl)o3)nc3ccccc3c2=O)nc1. The van der Waals surface area contributed by atoms with Crippen LogP contribution in [0.3, 0.4) is 0 Å². The monoisotopic (exact) mass is 461 g/mol. The summed E-state index contributed by atoms with van der Waals surface area (Å²) >= 11 is 7.55. The lowest BCUT2D eigenvalue weighted by atomic mass is 10.2. The summed E-state index contributed by atoms with van der Waals surface area (Å²) in [7, 11) is 0. The average molecular weight is 462 g/mol. The van der Waals surface area contributed by atoms with Crippen molar-refractivity contribution in [3.05, 3.63) is 93.7 Å². The third-order valence-corrected chi connectivity index (χ3v) is 6.02.